The Morgan fingerprint density at radius 1 is 0.920 bits per heavy atom. The number of halogens is 3. The van der Waals surface area contributed by atoms with Gasteiger partial charge in [-0.3, -0.25) is 4.98 Å². The minimum atomic E-state index is -4.36. The summed E-state index contributed by atoms with van der Waals surface area (Å²) in [6, 6.07) is 8.40. The monoisotopic (exact) mass is 348 g/mol. The van der Waals surface area contributed by atoms with Crippen molar-refractivity contribution in [2.24, 2.45) is 0 Å². The van der Waals surface area contributed by atoms with Crippen LogP contribution in [0.4, 0.5) is 24.5 Å². The third-order valence-corrected chi connectivity index (χ3v) is 3.75. The van der Waals surface area contributed by atoms with Gasteiger partial charge < -0.3 is 14.8 Å². The summed E-state index contributed by atoms with van der Waals surface area (Å²) in [5.74, 6) is 1.13. The molecule has 0 atom stereocenters. The molecule has 0 radical (unpaired) electrons. The van der Waals surface area contributed by atoms with Crippen LogP contribution in [0.15, 0.2) is 48.8 Å². The van der Waals surface area contributed by atoms with Crippen molar-refractivity contribution in [2.75, 3.05) is 19.5 Å². The second-order valence-corrected chi connectivity index (χ2v) is 5.32. The molecule has 7 heteroatoms. The summed E-state index contributed by atoms with van der Waals surface area (Å²) in [5.41, 5.74) is 0.482. The molecule has 0 bridgehead atoms. The molecule has 0 unspecified atom stereocenters. The Kier molecular flexibility index (Phi) is 4.39. The van der Waals surface area contributed by atoms with Crippen LogP contribution in [0.2, 0.25) is 0 Å². The van der Waals surface area contributed by atoms with E-state index in [0.717, 1.165) is 22.9 Å². The number of fused-ring (bicyclic) bond motifs is 1. The van der Waals surface area contributed by atoms with Crippen molar-refractivity contribution in [1.29, 1.82) is 0 Å². The average Bonchev–Trinajstić information content (AvgIpc) is 2.60. The first-order chi connectivity index (χ1) is 11.9. The van der Waals surface area contributed by atoms with E-state index in [1.807, 2.05) is 0 Å². The number of alkyl halides is 3. The highest BCUT2D eigenvalue weighted by Gasteiger charge is 2.29. The number of nitrogens with one attached hydrogen (secondary N) is 1. The van der Waals surface area contributed by atoms with Gasteiger partial charge in [-0.1, -0.05) is 0 Å². The fraction of sp³-hybridized carbons (Fsp3) is 0.167. The van der Waals surface area contributed by atoms with Crippen LogP contribution in [0.3, 0.4) is 0 Å². The van der Waals surface area contributed by atoms with Crippen LogP contribution in [0, 0.1) is 0 Å². The van der Waals surface area contributed by atoms with Gasteiger partial charge in [-0.2, -0.15) is 13.2 Å². The highest BCUT2D eigenvalue weighted by molar-refractivity contribution is 5.96. The molecule has 4 nitrogen and oxygen atoms in total. The van der Waals surface area contributed by atoms with Gasteiger partial charge in [-0.15, -0.1) is 0 Å². The second-order valence-electron chi connectivity index (χ2n) is 5.32. The quantitative estimate of drug-likeness (QED) is 0.719. The van der Waals surface area contributed by atoms with Gasteiger partial charge in [0, 0.05) is 22.7 Å². The topological polar surface area (TPSA) is 43.4 Å². The lowest BCUT2D eigenvalue weighted by molar-refractivity contribution is -0.137. The van der Waals surface area contributed by atoms with E-state index in [1.54, 1.807) is 31.6 Å². The zero-order valence-electron chi connectivity index (χ0n) is 13.5. The first kappa shape index (κ1) is 16.9. The normalized spacial score (nSPS) is 11.4. The Balaban J connectivity index is 1.98. The Labute approximate surface area is 142 Å². The molecule has 0 fully saturated rings. The summed E-state index contributed by atoms with van der Waals surface area (Å²) in [5, 5.41) is 4.72. The first-order valence-electron chi connectivity index (χ1n) is 7.36. The van der Waals surface area contributed by atoms with E-state index in [0.29, 0.717) is 22.9 Å². The lowest BCUT2D eigenvalue weighted by atomic mass is 10.1. The van der Waals surface area contributed by atoms with Crippen molar-refractivity contribution in [3.05, 3.63) is 54.4 Å². The molecule has 2 aromatic carbocycles. The predicted molar refractivity (Wildman–Crippen MR) is 89.6 cm³/mol. The van der Waals surface area contributed by atoms with Crippen LogP contribution < -0.4 is 14.8 Å². The van der Waals surface area contributed by atoms with E-state index < -0.39 is 11.7 Å². The van der Waals surface area contributed by atoms with Crippen LogP contribution in [0.5, 0.6) is 11.5 Å². The largest absolute Gasteiger partial charge is 0.493 e. The van der Waals surface area contributed by atoms with Crippen LogP contribution in [0.25, 0.3) is 10.8 Å². The van der Waals surface area contributed by atoms with E-state index in [9.17, 15) is 13.2 Å². The molecule has 3 aromatic rings. The molecular formula is C18H15F3N2O2. The molecule has 0 amide bonds. The van der Waals surface area contributed by atoms with E-state index in [2.05, 4.69) is 10.3 Å². The molecule has 0 aliphatic heterocycles. The number of hydrogen-bond acceptors (Lipinski definition) is 4. The molecule has 0 aliphatic rings. The minimum absolute atomic E-state index is 0.525. The molecule has 1 N–H and O–H groups in total. The Bertz CT molecular complexity index is 893. The van der Waals surface area contributed by atoms with Crippen LogP contribution in [-0.4, -0.2) is 19.2 Å². The zero-order chi connectivity index (χ0) is 18.0. The second kappa shape index (κ2) is 6.51. The maximum Gasteiger partial charge on any atom is 0.416 e. The standard InChI is InChI=1S/C18H15F3N2O2/c1-24-16-7-11-9-22-10-15(14(11)8-17(16)25-2)23-13-5-3-12(4-6-13)18(19,20)21/h3-10,23H,1-2H3. The van der Waals surface area contributed by atoms with Gasteiger partial charge in [0.2, 0.25) is 0 Å². The highest BCUT2D eigenvalue weighted by Crippen LogP contribution is 2.36. The number of methoxy groups -OCH3 is 2. The van der Waals surface area contributed by atoms with E-state index in [1.165, 1.54) is 19.2 Å². The number of nitrogens with zero attached hydrogens (tertiary/aromatic N) is 1. The number of rotatable bonds is 4. The Morgan fingerprint density at radius 2 is 1.56 bits per heavy atom. The van der Waals surface area contributed by atoms with Gasteiger partial charge in [-0.25, -0.2) is 0 Å². The number of ether oxygens (including phenoxy) is 2. The highest BCUT2D eigenvalue weighted by atomic mass is 19.4. The lowest BCUT2D eigenvalue weighted by Gasteiger charge is -2.13. The zero-order valence-corrected chi connectivity index (χ0v) is 13.5. The molecule has 130 valence electrons. The molecular weight excluding hydrogens is 333 g/mol. The van der Waals surface area contributed by atoms with Gasteiger partial charge >= 0.3 is 6.18 Å². The maximum absolute atomic E-state index is 12.7. The fourth-order valence-electron chi connectivity index (χ4n) is 2.49. The molecule has 1 heterocycles. The van der Waals surface area contributed by atoms with Gasteiger partial charge in [-0.05, 0) is 36.4 Å². The minimum Gasteiger partial charge on any atom is -0.493 e. The van der Waals surface area contributed by atoms with Gasteiger partial charge in [0.25, 0.3) is 0 Å². The Morgan fingerprint density at radius 3 is 2.16 bits per heavy atom. The summed E-state index contributed by atoms with van der Waals surface area (Å²) < 4.78 is 48.5. The average molecular weight is 348 g/mol. The predicted octanol–water partition coefficient (Wildman–Crippen LogP) is 5.01. The summed E-state index contributed by atoms with van der Waals surface area (Å²) in [6.45, 7) is 0. The number of aromatic nitrogens is 1. The number of anilines is 2. The van der Waals surface area contributed by atoms with Crippen molar-refractivity contribution in [1.82, 2.24) is 4.98 Å². The summed E-state index contributed by atoms with van der Waals surface area (Å²) >= 11 is 0. The third-order valence-electron chi connectivity index (χ3n) is 3.75. The molecule has 3 rings (SSSR count). The van der Waals surface area contributed by atoms with Crippen molar-refractivity contribution in [3.63, 3.8) is 0 Å². The summed E-state index contributed by atoms with van der Waals surface area (Å²) in [6.07, 6.45) is -1.08. The molecule has 25 heavy (non-hydrogen) atoms. The van der Waals surface area contributed by atoms with Crippen molar-refractivity contribution in [2.45, 2.75) is 6.18 Å². The first-order valence-corrected chi connectivity index (χ1v) is 7.36. The maximum atomic E-state index is 12.7. The van der Waals surface area contributed by atoms with Crippen molar-refractivity contribution in [3.8, 4) is 11.5 Å². The van der Waals surface area contributed by atoms with Gasteiger partial charge in [0.1, 0.15) is 0 Å². The molecule has 0 spiro atoms. The lowest BCUT2D eigenvalue weighted by Crippen LogP contribution is -2.04. The van der Waals surface area contributed by atoms with Crippen LogP contribution in [0.1, 0.15) is 5.56 Å². The molecule has 0 aliphatic carbocycles. The van der Waals surface area contributed by atoms with Gasteiger partial charge in [0.05, 0.1) is 31.7 Å². The fourth-order valence-corrected chi connectivity index (χ4v) is 2.49. The molecule has 1 aromatic heterocycles. The Hall–Kier alpha value is -2.96. The van der Waals surface area contributed by atoms with Gasteiger partial charge in [0.15, 0.2) is 11.5 Å². The van der Waals surface area contributed by atoms with E-state index in [4.69, 9.17) is 9.47 Å². The van der Waals surface area contributed by atoms with Crippen molar-refractivity contribution < 1.29 is 22.6 Å². The summed E-state index contributed by atoms with van der Waals surface area (Å²) in [7, 11) is 3.08. The SMILES string of the molecule is COc1cc2cncc(Nc3ccc(C(F)(F)F)cc3)c2cc1OC. The number of benzene rings is 2. The van der Waals surface area contributed by atoms with E-state index >= 15 is 0 Å². The van der Waals surface area contributed by atoms with Crippen molar-refractivity contribution >= 4 is 22.1 Å². The molecule has 0 saturated carbocycles. The van der Waals surface area contributed by atoms with E-state index in [-0.39, 0.29) is 0 Å². The van der Waals surface area contributed by atoms with Crippen LogP contribution in [-0.2, 0) is 6.18 Å². The van der Waals surface area contributed by atoms with Crippen LogP contribution >= 0.6 is 0 Å². The summed E-state index contributed by atoms with van der Waals surface area (Å²) in [4.78, 5) is 4.16. The number of pyridine rings is 1. The smallest absolute Gasteiger partial charge is 0.416 e. The molecule has 0 saturated heterocycles. The number of hydrogen-bond donors (Lipinski definition) is 1. The third kappa shape index (κ3) is 3.45.